The first-order chi connectivity index (χ1) is 22.6. The van der Waals surface area contributed by atoms with Gasteiger partial charge in [-0.2, -0.15) is 0 Å². The Hall–Kier alpha value is -3.13. The maximum Gasteiger partial charge on any atom is 0.193 e. The van der Waals surface area contributed by atoms with E-state index in [0.29, 0.717) is 50.0 Å². The van der Waals surface area contributed by atoms with E-state index in [1.54, 1.807) is 0 Å². The van der Waals surface area contributed by atoms with E-state index in [1.807, 2.05) is 60.7 Å². The summed E-state index contributed by atoms with van der Waals surface area (Å²) in [6.07, 6.45) is 6.45. The minimum Gasteiger partial charge on any atom is -0.394 e. The van der Waals surface area contributed by atoms with Gasteiger partial charge in [-0.05, 0) is 99.1 Å². The predicted octanol–water partition coefficient (Wildman–Crippen LogP) is 6.69. The van der Waals surface area contributed by atoms with Crippen LogP contribution in [0.1, 0.15) is 98.7 Å². The third-order valence-corrected chi connectivity index (χ3v) is 10.9. The highest BCUT2D eigenvalue weighted by atomic mass is 16.3. The minimum absolute atomic E-state index is 0.0462. The maximum absolute atomic E-state index is 14.8. The van der Waals surface area contributed by atoms with Crippen LogP contribution in [0.2, 0.25) is 0 Å². The summed E-state index contributed by atoms with van der Waals surface area (Å²) in [6.45, 7) is 7.46. The first-order valence-electron chi connectivity index (χ1n) is 17.5. The number of fused-ring (bicyclic) bond motifs is 8. The van der Waals surface area contributed by atoms with Crippen LogP contribution < -0.4 is 0 Å². The van der Waals surface area contributed by atoms with Crippen LogP contribution in [0.15, 0.2) is 84.4 Å². The molecule has 0 radical (unpaired) electrons. The molecular weight excluding hydrogens is 586 g/mol. The molecule has 6 heteroatoms. The van der Waals surface area contributed by atoms with Crippen LogP contribution in [-0.2, 0) is 6.42 Å². The van der Waals surface area contributed by atoms with Crippen LogP contribution in [0.4, 0.5) is 0 Å². The number of carbonyl (C=O) groups is 1. The molecule has 0 heterocycles. The van der Waals surface area contributed by atoms with Crippen LogP contribution in [0, 0.1) is 5.41 Å². The molecule has 0 aliphatic heterocycles. The van der Waals surface area contributed by atoms with E-state index in [2.05, 4.69) is 43.9 Å². The van der Waals surface area contributed by atoms with Crippen LogP contribution in [0.3, 0.4) is 0 Å². The zero-order valence-corrected chi connectivity index (χ0v) is 28.4. The van der Waals surface area contributed by atoms with Crippen molar-refractivity contribution in [1.29, 1.82) is 0 Å². The van der Waals surface area contributed by atoms with E-state index >= 15 is 0 Å². The van der Waals surface area contributed by atoms with Crippen molar-refractivity contribution in [2.75, 3.05) is 26.2 Å². The zero-order valence-electron chi connectivity index (χ0n) is 28.4. The molecular formula is C41H53NO5. The molecule has 47 heavy (non-hydrogen) atoms. The maximum atomic E-state index is 14.8. The lowest BCUT2D eigenvalue weighted by Crippen LogP contribution is -2.54. The van der Waals surface area contributed by atoms with Gasteiger partial charge in [0.05, 0.1) is 24.4 Å². The van der Waals surface area contributed by atoms with Gasteiger partial charge in [-0.25, -0.2) is 0 Å². The number of carbonyl (C=O) groups excluding carboxylic acids is 1. The number of rotatable bonds is 10. The Balaban J connectivity index is 1.63. The third kappa shape index (κ3) is 7.79. The molecule has 0 amide bonds. The lowest BCUT2D eigenvalue weighted by atomic mass is 9.64. The fourth-order valence-electron chi connectivity index (χ4n) is 8.17. The van der Waals surface area contributed by atoms with Crippen molar-refractivity contribution >= 4 is 5.78 Å². The van der Waals surface area contributed by atoms with Crippen LogP contribution in [0.5, 0.6) is 0 Å². The molecule has 5 atom stereocenters. The highest BCUT2D eigenvalue weighted by Gasteiger charge is 2.57. The number of aliphatic hydroxyl groups excluding tert-OH is 3. The second-order valence-electron chi connectivity index (χ2n) is 14.3. The molecule has 6 nitrogen and oxygen atoms in total. The number of ketones is 1. The van der Waals surface area contributed by atoms with E-state index < -0.39 is 23.2 Å². The molecule has 2 bridgehead atoms. The van der Waals surface area contributed by atoms with Gasteiger partial charge in [0.2, 0.25) is 0 Å². The highest BCUT2D eigenvalue weighted by Crippen LogP contribution is 2.59. The minimum atomic E-state index is -1.07. The molecule has 3 aliphatic rings. The zero-order chi connectivity index (χ0) is 33.6. The molecule has 5 unspecified atom stereocenters. The molecule has 4 N–H and O–H groups in total. The van der Waals surface area contributed by atoms with Crippen LogP contribution in [-0.4, -0.2) is 75.2 Å². The van der Waals surface area contributed by atoms with E-state index in [9.17, 15) is 25.2 Å². The largest absolute Gasteiger partial charge is 0.394 e. The smallest absolute Gasteiger partial charge is 0.193 e. The average Bonchev–Trinajstić information content (AvgIpc) is 3.32. The van der Waals surface area contributed by atoms with Gasteiger partial charge in [-0.15, -0.1) is 0 Å². The van der Waals surface area contributed by atoms with E-state index in [4.69, 9.17) is 0 Å². The molecule has 1 fully saturated rings. The van der Waals surface area contributed by atoms with Gasteiger partial charge in [0.1, 0.15) is 0 Å². The number of hydrogen-bond donors (Lipinski definition) is 4. The highest BCUT2D eigenvalue weighted by molar-refractivity contribution is 6.13. The molecule has 0 aromatic heterocycles. The fraction of sp³-hybridized carbons (Fsp3) is 0.488. The standard InChI is InChI=1S/C41H53NO5/c1-4-23-42(26-33(45)27-43)28-41(47)22-20-38-35-19-17-30(24-32(44)18-16-29(2)11-10-21-40(38,41)3)25-37(35)39(46)36-15-9-8-14-34(36)31-12-6-5-7-13-31/h5-9,11-15,17,19,25,32-33,38,43-45,47H,4,10,16,18,20-24,26-28H2,1-3H3. The van der Waals surface area contributed by atoms with Gasteiger partial charge >= 0.3 is 0 Å². The Labute approximate surface area is 280 Å². The molecule has 252 valence electrons. The van der Waals surface area contributed by atoms with Crippen LogP contribution in [0.25, 0.3) is 11.1 Å². The summed E-state index contributed by atoms with van der Waals surface area (Å²) in [5.74, 6) is -0.132. The monoisotopic (exact) mass is 639 g/mol. The molecule has 3 aliphatic carbocycles. The Morgan fingerprint density at radius 1 is 1.00 bits per heavy atom. The quantitative estimate of drug-likeness (QED) is 0.146. The van der Waals surface area contributed by atoms with Crippen LogP contribution >= 0.6 is 0 Å². The Morgan fingerprint density at radius 3 is 2.49 bits per heavy atom. The summed E-state index contributed by atoms with van der Waals surface area (Å²) in [6, 6.07) is 23.9. The van der Waals surface area contributed by atoms with Crippen molar-refractivity contribution in [1.82, 2.24) is 4.90 Å². The predicted molar refractivity (Wildman–Crippen MR) is 189 cm³/mol. The van der Waals surface area contributed by atoms with E-state index in [0.717, 1.165) is 54.4 Å². The normalized spacial score (nSPS) is 25.7. The van der Waals surface area contributed by atoms with Crippen molar-refractivity contribution in [3.63, 3.8) is 0 Å². The molecule has 3 aromatic rings. The second-order valence-corrected chi connectivity index (χ2v) is 14.3. The van der Waals surface area contributed by atoms with E-state index in [-0.39, 0.29) is 18.3 Å². The molecule has 0 saturated heterocycles. The van der Waals surface area contributed by atoms with Crippen molar-refractivity contribution < 1.29 is 25.2 Å². The summed E-state index contributed by atoms with van der Waals surface area (Å²) in [4.78, 5) is 16.9. The van der Waals surface area contributed by atoms with Gasteiger partial charge in [0, 0.05) is 29.6 Å². The number of benzene rings is 3. The summed E-state index contributed by atoms with van der Waals surface area (Å²) >= 11 is 0. The lowest BCUT2D eigenvalue weighted by Gasteiger charge is -2.46. The van der Waals surface area contributed by atoms with Gasteiger partial charge in [0.15, 0.2) is 5.78 Å². The second kappa shape index (κ2) is 15.4. The summed E-state index contributed by atoms with van der Waals surface area (Å²) in [5, 5.41) is 43.6. The summed E-state index contributed by atoms with van der Waals surface area (Å²) in [5.41, 5.74) is 4.62. The van der Waals surface area contributed by atoms with Crippen molar-refractivity contribution in [3.8, 4) is 11.1 Å². The molecule has 3 aromatic carbocycles. The first-order valence-corrected chi connectivity index (χ1v) is 17.5. The Morgan fingerprint density at radius 2 is 1.74 bits per heavy atom. The van der Waals surface area contributed by atoms with Crippen molar-refractivity contribution in [2.45, 2.75) is 95.9 Å². The van der Waals surface area contributed by atoms with Crippen molar-refractivity contribution in [3.05, 3.63) is 107 Å². The molecule has 1 saturated carbocycles. The lowest BCUT2D eigenvalue weighted by molar-refractivity contribution is -0.0891. The molecule has 6 rings (SSSR count). The Kier molecular flexibility index (Phi) is 11.5. The van der Waals surface area contributed by atoms with Gasteiger partial charge in [0.25, 0.3) is 0 Å². The van der Waals surface area contributed by atoms with Crippen molar-refractivity contribution in [2.24, 2.45) is 5.41 Å². The number of aliphatic hydroxyl groups is 4. The summed E-state index contributed by atoms with van der Waals surface area (Å²) < 4.78 is 0. The topological polar surface area (TPSA) is 101 Å². The Bertz CT molecular complexity index is 1540. The first kappa shape index (κ1) is 35.2. The number of nitrogens with zero attached hydrogens (tertiary/aromatic N) is 1. The van der Waals surface area contributed by atoms with Gasteiger partial charge in [-0.1, -0.05) is 92.2 Å². The van der Waals surface area contributed by atoms with E-state index in [1.165, 1.54) is 5.57 Å². The third-order valence-electron chi connectivity index (χ3n) is 10.9. The SMILES string of the molecule is CCCN(CC(O)CO)CC1(O)CCC2c3ccc(cc3C(=O)c3ccccc3-c3ccccc3)CC(O)CCC(C)=CCCC21C. The molecule has 0 spiro atoms. The number of allylic oxidation sites excluding steroid dienone is 2. The number of hydrogen-bond acceptors (Lipinski definition) is 6. The van der Waals surface area contributed by atoms with Gasteiger partial charge < -0.3 is 20.4 Å². The summed E-state index contributed by atoms with van der Waals surface area (Å²) in [7, 11) is 0. The average molecular weight is 640 g/mol. The van der Waals surface area contributed by atoms with Gasteiger partial charge in [-0.3, -0.25) is 9.69 Å². The fourth-order valence-corrected chi connectivity index (χ4v) is 8.17.